The van der Waals surface area contributed by atoms with E-state index in [2.05, 4.69) is 11.7 Å². The lowest BCUT2D eigenvalue weighted by Gasteiger charge is -2.43. The van der Waals surface area contributed by atoms with Gasteiger partial charge in [0.2, 0.25) is 0 Å². The van der Waals surface area contributed by atoms with Gasteiger partial charge in [0, 0.05) is 25.2 Å². The van der Waals surface area contributed by atoms with Crippen LogP contribution in [0, 0.1) is 19.3 Å². The van der Waals surface area contributed by atoms with Crippen LogP contribution in [0.4, 0.5) is 0 Å². The van der Waals surface area contributed by atoms with Crippen LogP contribution in [-0.4, -0.2) is 31.5 Å². The fourth-order valence-corrected chi connectivity index (χ4v) is 4.43. The number of aliphatic hydroxyl groups is 1. The normalized spacial score (nSPS) is 21.2. The Labute approximate surface area is 184 Å². The number of para-hydroxylation sites is 2. The van der Waals surface area contributed by atoms with E-state index < -0.39 is 5.60 Å². The lowest BCUT2D eigenvalue weighted by Crippen LogP contribution is -2.56. The number of nitrogens with one attached hydrogen (secondary N) is 1. The van der Waals surface area contributed by atoms with Crippen LogP contribution in [0.5, 0.6) is 11.5 Å². The van der Waals surface area contributed by atoms with Crippen molar-refractivity contribution in [1.29, 1.82) is 0 Å². The van der Waals surface area contributed by atoms with E-state index in [9.17, 15) is 5.11 Å². The van der Waals surface area contributed by atoms with Gasteiger partial charge in [-0.2, -0.15) is 0 Å². The summed E-state index contributed by atoms with van der Waals surface area (Å²) in [7, 11) is 1.69. The van der Waals surface area contributed by atoms with Crippen LogP contribution >= 0.6 is 11.6 Å². The molecule has 1 radical (unpaired) electrons. The fraction of sp³-hybridized carbons (Fsp3) is 0.458. The van der Waals surface area contributed by atoms with E-state index in [0.29, 0.717) is 29.5 Å². The number of nitrogens with two attached hydrogens (primary N) is 1. The number of rotatable bonds is 9. The Bertz CT molecular complexity index is 812. The minimum absolute atomic E-state index is 0.245. The van der Waals surface area contributed by atoms with Crippen molar-refractivity contribution in [2.24, 2.45) is 11.7 Å². The summed E-state index contributed by atoms with van der Waals surface area (Å²) >= 11 is 6.40. The summed E-state index contributed by atoms with van der Waals surface area (Å²) in [5, 5.41) is 15.9. The highest BCUT2D eigenvalue weighted by molar-refractivity contribution is 6.32. The molecule has 0 amide bonds. The topological polar surface area (TPSA) is 76.7 Å². The minimum atomic E-state index is -1.17. The number of ether oxygens (including phenoxy) is 2. The van der Waals surface area contributed by atoms with E-state index in [0.717, 1.165) is 36.9 Å². The van der Waals surface area contributed by atoms with E-state index in [1.165, 1.54) is 0 Å². The maximum absolute atomic E-state index is 12.1. The molecule has 3 atom stereocenters. The molecule has 6 heteroatoms. The molecule has 3 unspecified atom stereocenters. The molecule has 0 spiro atoms. The van der Waals surface area contributed by atoms with Gasteiger partial charge >= 0.3 is 0 Å². The Kier molecular flexibility index (Phi) is 8.14. The van der Waals surface area contributed by atoms with E-state index in [1.807, 2.05) is 43.3 Å². The molecule has 5 nitrogen and oxygen atoms in total. The molecule has 1 saturated heterocycles. The Hall–Kier alpha value is -1.63. The molecule has 0 bridgehead atoms. The largest absolute Gasteiger partial charge is 0.455 e. The van der Waals surface area contributed by atoms with Gasteiger partial charge in [-0.1, -0.05) is 41.9 Å². The highest BCUT2D eigenvalue weighted by Crippen LogP contribution is 2.45. The third-order valence-corrected chi connectivity index (χ3v) is 6.07. The first-order valence-corrected chi connectivity index (χ1v) is 10.9. The second-order valence-electron chi connectivity index (χ2n) is 7.89. The summed E-state index contributed by atoms with van der Waals surface area (Å²) in [6.07, 6.45) is 4.87. The van der Waals surface area contributed by atoms with E-state index in [1.54, 1.807) is 13.2 Å². The van der Waals surface area contributed by atoms with Crippen LogP contribution in [0.2, 0.25) is 5.02 Å². The van der Waals surface area contributed by atoms with Gasteiger partial charge in [0.05, 0.1) is 16.8 Å². The number of unbranched alkanes of at least 4 members (excludes halogenated alkanes) is 1. The summed E-state index contributed by atoms with van der Waals surface area (Å²) in [6.45, 7) is 3.43. The molecular formula is C24H32ClN2O3. The number of hydrogen-bond donors (Lipinski definition) is 3. The fourth-order valence-electron chi connectivity index (χ4n) is 4.17. The lowest BCUT2D eigenvalue weighted by atomic mass is 9.72. The van der Waals surface area contributed by atoms with Gasteiger partial charge in [0.25, 0.3) is 0 Å². The van der Waals surface area contributed by atoms with Gasteiger partial charge in [0.1, 0.15) is 11.5 Å². The molecular weight excluding hydrogens is 400 g/mol. The third kappa shape index (κ3) is 5.16. The van der Waals surface area contributed by atoms with Crippen LogP contribution in [0.25, 0.3) is 0 Å². The van der Waals surface area contributed by atoms with Crippen LogP contribution < -0.4 is 15.8 Å². The summed E-state index contributed by atoms with van der Waals surface area (Å²) in [4.78, 5) is 0. The smallest absolute Gasteiger partial charge is 0.148 e. The Morgan fingerprint density at radius 2 is 2.00 bits per heavy atom. The lowest BCUT2D eigenvalue weighted by molar-refractivity contribution is -0.0426. The zero-order valence-corrected chi connectivity index (χ0v) is 18.5. The molecule has 1 heterocycles. The first kappa shape index (κ1) is 23.0. The van der Waals surface area contributed by atoms with Gasteiger partial charge in [-0.05, 0) is 63.3 Å². The molecule has 0 aliphatic carbocycles. The summed E-state index contributed by atoms with van der Waals surface area (Å²) in [5.74, 6) is 0.948. The van der Waals surface area contributed by atoms with Crippen LogP contribution in [0.1, 0.15) is 36.8 Å². The standard InChI is InChI=1S/C24H32ClN2O3/c1-17-9-7-12-20(25)22(17)30-21-13-4-3-10-18(21)24(28,14-5-6-16-29-2)19-11-8-15-27-23(19)26/h3-4,7,9-13,19,23,27-28H,5-6,8,14-16,26H2,1-2H3. The second kappa shape index (κ2) is 10.6. The van der Waals surface area contributed by atoms with Crippen LogP contribution in [-0.2, 0) is 10.3 Å². The molecule has 163 valence electrons. The van der Waals surface area contributed by atoms with E-state index in [4.69, 9.17) is 26.8 Å². The van der Waals surface area contributed by atoms with Crippen molar-refractivity contribution in [1.82, 2.24) is 5.32 Å². The van der Waals surface area contributed by atoms with Gasteiger partial charge in [-0.3, -0.25) is 0 Å². The predicted octanol–water partition coefficient (Wildman–Crippen LogP) is 4.54. The zero-order valence-electron chi connectivity index (χ0n) is 17.7. The number of methoxy groups -OCH3 is 1. The number of benzene rings is 2. The number of hydrogen-bond acceptors (Lipinski definition) is 5. The second-order valence-corrected chi connectivity index (χ2v) is 8.30. The molecule has 2 aromatic rings. The van der Waals surface area contributed by atoms with Crippen LogP contribution in [0.3, 0.4) is 0 Å². The van der Waals surface area contributed by atoms with Gasteiger partial charge in [0.15, 0.2) is 0 Å². The first-order chi connectivity index (χ1) is 14.5. The average molecular weight is 432 g/mol. The van der Waals surface area contributed by atoms with E-state index in [-0.39, 0.29) is 12.1 Å². The number of aryl methyl sites for hydroxylation is 1. The maximum atomic E-state index is 12.1. The molecule has 0 saturated carbocycles. The monoisotopic (exact) mass is 431 g/mol. The van der Waals surface area contributed by atoms with Crippen molar-refractivity contribution >= 4 is 11.6 Å². The van der Waals surface area contributed by atoms with Crippen molar-refractivity contribution < 1.29 is 14.6 Å². The summed E-state index contributed by atoms with van der Waals surface area (Å²) < 4.78 is 11.5. The summed E-state index contributed by atoms with van der Waals surface area (Å²) in [5.41, 5.74) is 6.88. The predicted molar refractivity (Wildman–Crippen MR) is 121 cm³/mol. The zero-order chi connectivity index (χ0) is 21.6. The van der Waals surface area contributed by atoms with E-state index >= 15 is 0 Å². The Morgan fingerprint density at radius 1 is 1.20 bits per heavy atom. The van der Waals surface area contributed by atoms with Gasteiger partial charge in [-0.15, -0.1) is 0 Å². The highest BCUT2D eigenvalue weighted by atomic mass is 35.5. The van der Waals surface area contributed by atoms with Crippen molar-refractivity contribution in [2.75, 3.05) is 20.3 Å². The Morgan fingerprint density at radius 3 is 2.73 bits per heavy atom. The van der Waals surface area contributed by atoms with Gasteiger partial charge < -0.3 is 25.6 Å². The molecule has 0 aromatic heterocycles. The molecule has 3 rings (SSSR count). The molecule has 4 N–H and O–H groups in total. The number of piperidine rings is 1. The average Bonchev–Trinajstić information content (AvgIpc) is 2.74. The first-order valence-electron chi connectivity index (χ1n) is 10.5. The van der Waals surface area contributed by atoms with Gasteiger partial charge in [-0.25, -0.2) is 0 Å². The molecule has 1 aliphatic rings. The SMILES string of the molecule is COCCCCC(O)(c1ccccc1Oc1c(C)cccc1Cl)C1[CH]CCNC1N. The van der Waals surface area contributed by atoms with Crippen molar-refractivity contribution in [3.63, 3.8) is 0 Å². The minimum Gasteiger partial charge on any atom is -0.455 e. The molecule has 1 aliphatic heterocycles. The molecule has 1 fully saturated rings. The quantitative estimate of drug-likeness (QED) is 0.508. The third-order valence-electron chi connectivity index (χ3n) is 5.77. The number of halogens is 1. The van der Waals surface area contributed by atoms with Crippen LogP contribution in [0.15, 0.2) is 42.5 Å². The maximum Gasteiger partial charge on any atom is 0.148 e. The van der Waals surface area contributed by atoms with Crippen molar-refractivity contribution in [3.8, 4) is 11.5 Å². The van der Waals surface area contributed by atoms with Crippen molar-refractivity contribution in [2.45, 2.75) is 44.4 Å². The van der Waals surface area contributed by atoms with Crippen molar-refractivity contribution in [3.05, 3.63) is 65.0 Å². The highest BCUT2D eigenvalue weighted by Gasteiger charge is 2.44. The summed E-state index contributed by atoms with van der Waals surface area (Å²) in [6, 6.07) is 13.3. The Balaban J connectivity index is 1.98. The molecule has 30 heavy (non-hydrogen) atoms. The molecule has 2 aromatic carbocycles.